The average molecular weight is 292 g/mol. The third-order valence-electron chi connectivity index (χ3n) is 2.13. The zero-order chi connectivity index (χ0) is 11.6. The van der Waals surface area contributed by atoms with Gasteiger partial charge in [0.15, 0.2) is 0 Å². The van der Waals surface area contributed by atoms with Crippen LogP contribution in [0.1, 0.15) is 18.3 Å². The number of nitrogens with zero attached hydrogens (tertiary/aromatic N) is 2. The largest absolute Gasteiger partial charge is 0.348 e. The molecule has 0 aliphatic heterocycles. The minimum absolute atomic E-state index is 0.244. The van der Waals surface area contributed by atoms with Crippen molar-refractivity contribution in [1.29, 1.82) is 0 Å². The maximum atomic E-state index is 11.6. The van der Waals surface area contributed by atoms with Crippen LogP contribution in [-0.4, -0.2) is 9.55 Å². The minimum Gasteiger partial charge on any atom is -0.291 e. The molecular formula is C10H12BrClN2O. The number of aromatic nitrogens is 2. The molecule has 0 aromatic carbocycles. The van der Waals surface area contributed by atoms with E-state index < -0.39 is 0 Å². The van der Waals surface area contributed by atoms with E-state index in [1.54, 1.807) is 11.5 Å². The van der Waals surface area contributed by atoms with Gasteiger partial charge in [0.2, 0.25) is 0 Å². The summed E-state index contributed by atoms with van der Waals surface area (Å²) in [4.78, 5) is 15.5. The summed E-state index contributed by atoms with van der Waals surface area (Å²) in [6.07, 6.45) is 0. The van der Waals surface area contributed by atoms with Gasteiger partial charge in [0, 0.05) is 17.8 Å². The molecule has 0 atom stereocenters. The summed E-state index contributed by atoms with van der Waals surface area (Å²) < 4.78 is 2.45. The molecule has 1 rings (SSSR count). The molecular weight excluding hydrogens is 279 g/mol. The van der Waals surface area contributed by atoms with Gasteiger partial charge in [-0.1, -0.05) is 11.6 Å². The fraction of sp³-hybridized carbons (Fsp3) is 0.400. The van der Waals surface area contributed by atoms with Crippen LogP contribution < -0.4 is 5.69 Å². The third kappa shape index (κ3) is 2.69. The van der Waals surface area contributed by atoms with Crippen molar-refractivity contribution in [3.8, 4) is 0 Å². The normalized spacial score (nSPS) is 11.9. The molecule has 1 heterocycles. The number of aryl methyl sites for hydroxylation is 1. The highest BCUT2D eigenvalue weighted by Gasteiger charge is 2.08. The SMILES string of the molecule is CC(=CCl)Cn1c(C)c(Br)c(C)nc1=O. The molecule has 1 aromatic rings. The van der Waals surface area contributed by atoms with E-state index in [0.29, 0.717) is 12.2 Å². The van der Waals surface area contributed by atoms with Crippen molar-refractivity contribution < 1.29 is 0 Å². The Bertz CT molecular complexity index is 465. The van der Waals surface area contributed by atoms with Crippen LogP contribution in [0.5, 0.6) is 0 Å². The summed E-state index contributed by atoms with van der Waals surface area (Å²) >= 11 is 8.97. The lowest BCUT2D eigenvalue weighted by molar-refractivity contribution is 0.680. The summed E-state index contributed by atoms with van der Waals surface area (Å²) in [5, 5.41) is 0. The smallest absolute Gasteiger partial charge is 0.291 e. The number of hydrogen-bond acceptors (Lipinski definition) is 2. The fourth-order valence-corrected chi connectivity index (χ4v) is 1.62. The Morgan fingerprint density at radius 2 is 2.20 bits per heavy atom. The van der Waals surface area contributed by atoms with Crippen molar-refractivity contribution in [2.24, 2.45) is 0 Å². The van der Waals surface area contributed by atoms with E-state index >= 15 is 0 Å². The fourth-order valence-electron chi connectivity index (χ4n) is 1.25. The molecule has 0 spiro atoms. The maximum absolute atomic E-state index is 11.6. The molecule has 5 heteroatoms. The Hall–Kier alpha value is -0.610. The predicted octanol–water partition coefficient (Wildman–Crippen LogP) is 2.77. The van der Waals surface area contributed by atoms with E-state index in [9.17, 15) is 4.79 Å². The summed E-state index contributed by atoms with van der Waals surface area (Å²) in [6.45, 7) is 6.02. The molecule has 1 aromatic heterocycles. The van der Waals surface area contributed by atoms with Crippen LogP contribution >= 0.6 is 27.5 Å². The number of hydrogen-bond donors (Lipinski definition) is 0. The Balaban J connectivity index is 3.31. The monoisotopic (exact) mass is 290 g/mol. The third-order valence-corrected chi connectivity index (χ3v) is 3.65. The second-order valence-electron chi connectivity index (χ2n) is 3.42. The molecule has 0 amide bonds. The lowest BCUT2D eigenvalue weighted by atomic mass is 10.3. The molecule has 0 saturated heterocycles. The summed E-state index contributed by atoms with van der Waals surface area (Å²) in [5.74, 6) is 0. The molecule has 0 N–H and O–H groups in total. The lowest BCUT2D eigenvalue weighted by Crippen LogP contribution is -2.26. The molecule has 0 unspecified atom stereocenters. The highest BCUT2D eigenvalue weighted by atomic mass is 79.9. The Morgan fingerprint density at radius 3 is 2.73 bits per heavy atom. The van der Waals surface area contributed by atoms with E-state index in [1.165, 1.54) is 5.54 Å². The van der Waals surface area contributed by atoms with Gasteiger partial charge < -0.3 is 0 Å². The summed E-state index contributed by atoms with van der Waals surface area (Å²) in [5.41, 5.74) is 3.72. The molecule has 0 saturated carbocycles. The first-order valence-corrected chi connectivity index (χ1v) is 5.69. The quantitative estimate of drug-likeness (QED) is 0.840. The van der Waals surface area contributed by atoms with Crippen LogP contribution in [0, 0.1) is 13.8 Å². The standard InChI is InChI=1S/C10H12BrClN2O/c1-6(4-12)5-14-8(3)9(11)7(2)13-10(14)15/h4H,5H2,1-3H3. The van der Waals surface area contributed by atoms with Crippen LogP contribution in [0.2, 0.25) is 0 Å². The highest BCUT2D eigenvalue weighted by Crippen LogP contribution is 2.17. The van der Waals surface area contributed by atoms with Gasteiger partial charge in [-0.15, -0.1) is 0 Å². The van der Waals surface area contributed by atoms with Crippen molar-refractivity contribution in [1.82, 2.24) is 9.55 Å². The number of allylic oxidation sites excluding steroid dienone is 1. The maximum Gasteiger partial charge on any atom is 0.348 e. The number of halogens is 2. The Morgan fingerprint density at radius 1 is 1.60 bits per heavy atom. The van der Waals surface area contributed by atoms with Gasteiger partial charge in [0.1, 0.15) is 0 Å². The van der Waals surface area contributed by atoms with Crippen molar-refractivity contribution >= 4 is 27.5 Å². The molecule has 0 radical (unpaired) electrons. The molecule has 0 aliphatic rings. The molecule has 82 valence electrons. The van der Waals surface area contributed by atoms with Gasteiger partial charge in [0.25, 0.3) is 0 Å². The van der Waals surface area contributed by atoms with Crippen LogP contribution in [0.25, 0.3) is 0 Å². The first-order valence-electron chi connectivity index (χ1n) is 4.46. The highest BCUT2D eigenvalue weighted by molar-refractivity contribution is 9.10. The van der Waals surface area contributed by atoms with Crippen molar-refractivity contribution in [2.45, 2.75) is 27.3 Å². The number of rotatable bonds is 2. The van der Waals surface area contributed by atoms with Crippen molar-refractivity contribution in [2.75, 3.05) is 0 Å². The second-order valence-corrected chi connectivity index (χ2v) is 4.43. The molecule has 0 aliphatic carbocycles. The minimum atomic E-state index is -0.244. The van der Waals surface area contributed by atoms with Crippen molar-refractivity contribution in [3.05, 3.63) is 37.5 Å². The van der Waals surface area contributed by atoms with Gasteiger partial charge >= 0.3 is 5.69 Å². The predicted molar refractivity (Wildman–Crippen MR) is 65.3 cm³/mol. The summed E-state index contributed by atoms with van der Waals surface area (Å²) in [6, 6.07) is 0. The zero-order valence-corrected chi connectivity index (χ0v) is 11.2. The van der Waals surface area contributed by atoms with Gasteiger partial charge in [-0.3, -0.25) is 4.57 Å². The van der Waals surface area contributed by atoms with E-state index in [4.69, 9.17) is 11.6 Å². The van der Waals surface area contributed by atoms with Gasteiger partial charge in [-0.05, 0) is 42.3 Å². The molecule has 0 fully saturated rings. The van der Waals surface area contributed by atoms with Crippen LogP contribution in [0.15, 0.2) is 20.4 Å². The summed E-state index contributed by atoms with van der Waals surface area (Å²) in [7, 11) is 0. The van der Waals surface area contributed by atoms with Crippen LogP contribution in [-0.2, 0) is 6.54 Å². The van der Waals surface area contributed by atoms with Crippen molar-refractivity contribution in [3.63, 3.8) is 0 Å². The van der Waals surface area contributed by atoms with Crippen LogP contribution in [0.3, 0.4) is 0 Å². The second kappa shape index (κ2) is 4.94. The first-order chi connectivity index (χ1) is 6.97. The molecule has 3 nitrogen and oxygen atoms in total. The van der Waals surface area contributed by atoms with Gasteiger partial charge in [-0.25, -0.2) is 4.79 Å². The molecule has 0 bridgehead atoms. The van der Waals surface area contributed by atoms with E-state index in [-0.39, 0.29) is 5.69 Å². The Kier molecular flexibility index (Phi) is 4.11. The van der Waals surface area contributed by atoms with Gasteiger partial charge in [-0.2, -0.15) is 4.98 Å². The van der Waals surface area contributed by atoms with Gasteiger partial charge in [0.05, 0.1) is 10.2 Å². The topological polar surface area (TPSA) is 34.9 Å². The van der Waals surface area contributed by atoms with E-state index in [1.807, 2.05) is 13.8 Å². The first kappa shape index (κ1) is 12.5. The molecule has 15 heavy (non-hydrogen) atoms. The average Bonchev–Trinajstić information content (AvgIpc) is 2.21. The van der Waals surface area contributed by atoms with Crippen LogP contribution in [0.4, 0.5) is 0 Å². The van der Waals surface area contributed by atoms with E-state index in [2.05, 4.69) is 20.9 Å². The van der Waals surface area contributed by atoms with E-state index in [0.717, 1.165) is 15.7 Å². The Labute approximate surface area is 102 Å². The zero-order valence-electron chi connectivity index (χ0n) is 8.84. The lowest BCUT2D eigenvalue weighted by Gasteiger charge is -2.11.